The highest BCUT2D eigenvalue weighted by Gasteiger charge is 2.19. The predicted molar refractivity (Wildman–Crippen MR) is 122 cm³/mol. The molecule has 0 atom stereocenters. The van der Waals surface area contributed by atoms with Crippen LogP contribution in [0.15, 0.2) is 68.3 Å². The summed E-state index contributed by atoms with van der Waals surface area (Å²) < 4.78 is 2.85. The minimum absolute atomic E-state index is 0.644. The van der Waals surface area contributed by atoms with Gasteiger partial charge in [0.25, 0.3) is 0 Å². The molecule has 2 aromatic carbocycles. The topological polar surface area (TPSA) is 79.8 Å². The summed E-state index contributed by atoms with van der Waals surface area (Å²) in [6.45, 7) is 4.05. The van der Waals surface area contributed by atoms with E-state index in [4.69, 9.17) is 0 Å². The zero-order valence-electron chi connectivity index (χ0n) is 15.9. The van der Waals surface area contributed by atoms with Crippen molar-refractivity contribution in [1.29, 1.82) is 0 Å². The van der Waals surface area contributed by atoms with E-state index in [-0.39, 0.29) is 0 Å². The SMILES string of the molecule is Cc1ccc(-n2nnc(C3=NN=C(N/N=C/c4ccc(Br)cc4)SC3)c2C)cc1. The largest absolute Gasteiger partial charge is 0.254 e. The van der Waals surface area contributed by atoms with Gasteiger partial charge in [-0.2, -0.15) is 5.10 Å². The van der Waals surface area contributed by atoms with E-state index >= 15 is 0 Å². The molecule has 0 radical (unpaired) electrons. The van der Waals surface area contributed by atoms with E-state index in [0.717, 1.165) is 32.8 Å². The first-order chi connectivity index (χ1) is 14.1. The maximum atomic E-state index is 4.33. The van der Waals surface area contributed by atoms with Crippen molar-refractivity contribution in [3.8, 4) is 5.69 Å². The molecule has 1 aliphatic rings. The monoisotopic (exact) mass is 467 g/mol. The lowest BCUT2D eigenvalue weighted by Crippen LogP contribution is -2.20. The van der Waals surface area contributed by atoms with Crippen LogP contribution in [0.1, 0.15) is 22.5 Å². The van der Waals surface area contributed by atoms with Gasteiger partial charge in [-0.1, -0.05) is 62.7 Å². The van der Waals surface area contributed by atoms with Crippen LogP contribution in [0.25, 0.3) is 5.69 Å². The van der Waals surface area contributed by atoms with Crippen LogP contribution in [-0.2, 0) is 0 Å². The molecule has 0 saturated heterocycles. The second-order valence-corrected chi connectivity index (χ2v) is 8.31. The molecule has 4 rings (SSSR count). The molecule has 0 saturated carbocycles. The first-order valence-corrected chi connectivity index (χ1v) is 10.7. The lowest BCUT2D eigenvalue weighted by Gasteiger charge is -2.10. The van der Waals surface area contributed by atoms with Gasteiger partial charge in [0.15, 0.2) is 0 Å². The van der Waals surface area contributed by atoms with Crippen LogP contribution in [-0.4, -0.2) is 37.8 Å². The van der Waals surface area contributed by atoms with Crippen molar-refractivity contribution in [1.82, 2.24) is 20.4 Å². The molecule has 9 heteroatoms. The van der Waals surface area contributed by atoms with Crippen molar-refractivity contribution in [3.05, 3.63) is 75.5 Å². The second-order valence-electron chi connectivity index (χ2n) is 6.43. The van der Waals surface area contributed by atoms with Crippen LogP contribution in [0.2, 0.25) is 0 Å². The standard InChI is InChI=1S/C20H18BrN7S/c1-13-3-9-17(10-4-13)28-14(2)19(24-27-28)18-12-29-20(26-23-18)25-22-11-15-5-7-16(21)8-6-15/h3-11H,12H2,1-2H3,(H,25,26)/b22-11+. The molecule has 1 N–H and O–H groups in total. The Morgan fingerprint density at radius 3 is 2.52 bits per heavy atom. The van der Waals surface area contributed by atoms with Gasteiger partial charge < -0.3 is 0 Å². The average molecular weight is 468 g/mol. The number of hydrazone groups is 1. The van der Waals surface area contributed by atoms with E-state index < -0.39 is 0 Å². The number of nitrogens with zero attached hydrogens (tertiary/aromatic N) is 6. The van der Waals surface area contributed by atoms with Crippen molar-refractivity contribution in [3.63, 3.8) is 0 Å². The fourth-order valence-electron chi connectivity index (χ4n) is 2.71. The Kier molecular flexibility index (Phi) is 5.86. The third kappa shape index (κ3) is 4.63. The van der Waals surface area contributed by atoms with E-state index in [1.54, 1.807) is 6.21 Å². The molecule has 0 fully saturated rings. The van der Waals surface area contributed by atoms with E-state index in [1.807, 2.05) is 48.0 Å². The van der Waals surface area contributed by atoms with Gasteiger partial charge in [0.05, 0.1) is 17.6 Å². The van der Waals surface area contributed by atoms with E-state index in [9.17, 15) is 0 Å². The summed E-state index contributed by atoms with van der Waals surface area (Å²) in [4.78, 5) is 0. The maximum Gasteiger partial charge on any atom is 0.203 e. The van der Waals surface area contributed by atoms with Crippen LogP contribution >= 0.6 is 27.7 Å². The highest BCUT2D eigenvalue weighted by Crippen LogP contribution is 2.18. The molecular weight excluding hydrogens is 450 g/mol. The quantitative estimate of drug-likeness (QED) is 0.463. The Bertz CT molecular complexity index is 1100. The van der Waals surface area contributed by atoms with Crippen LogP contribution in [0.3, 0.4) is 0 Å². The molecular formula is C20H18BrN7S. The predicted octanol–water partition coefficient (Wildman–Crippen LogP) is 4.08. The normalized spacial score (nSPS) is 14.0. The number of aromatic nitrogens is 3. The van der Waals surface area contributed by atoms with Crippen LogP contribution in [0.4, 0.5) is 0 Å². The number of nitrogens with one attached hydrogen (secondary N) is 1. The van der Waals surface area contributed by atoms with Crippen molar-refractivity contribution < 1.29 is 0 Å². The Hall–Kier alpha value is -2.78. The Morgan fingerprint density at radius 2 is 1.83 bits per heavy atom. The van der Waals surface area contributed by atoms with Gasteiger partial charge in [-0.25, -0.2) is 4.68 Å². The number of hydrogen-bond acceptors (Lipinski definition) is 7. The fourth-order valence-corrected chi connectivity index (χ4v) is 3.66. The maximum absolute atomic E-state index is 4.33. The molecule has 0 amide bonds. The summed E-state index contributed by atoms with van der Waals surface area (Å²) >= 11 is 4.94. The number of aryl methyl sites for hydroxylation is 1. The second kappa shape index (κ2) is 8.71. The van der Waals surface area contributed by atoms with E-state index in [0.29, 0.717) is 10.9 Å². The number of thioether (sulfide) groups is 1. The summed E-state index contributed by atoms with van der Waals surface area (Å²) in [5.41, 5.74) is 8.61. The van der Waals surface area contributed by atoms with Crippen LogP contribution < -0.4 is 5.43 Å². The van der Waals surface area contributed by atoms with Gasteiger partial charge in [0.2, 0.25) is 5.17 Å². The molecule has 0 aliphatic carbocycles. The molecule has 29 heavy (non-hydrogen) atoms. The van der Waals surface area contributed by atoms with Crippen molar-refractivity contribution in [2.75, 3.05) is 5.75 Å². The highest BCUT2D eigenvalue weighted by atomic mass is 79.9. The zero-order valence-corrected chi connectivity index (χ0v) is 18.3. The van der Waals surface area contributed by atoms with Crippen LogP contribution in [0, 0.1) is 13.8 Å². The molecule has 0 bridgehead atoms. The number of amidine groups is 1. The van der Waals surface area contributed by atoms with Crippen molar-refractivity contribution in [2.24, 2.45) is 15.3 Å². The van der Waals surface area contributed by atoms with Gasteiger partial charge in [0.1, 0.15) is 11.4 Å². The summed E-state index contributed by atoms with van der Waals surface area (Å²) in [6.07, 6.45) is 1.74. The number of hydrogen-bond donors (Lipinski definition) is 1. The third-order valence-electron chi connectivity index (χ3n) is 4.30. The lowest BCUT2D eigenvalue weighted by molar-refractivity contribution is 0.784. The molecule has 2 heterocycles. The minimum atomic E-state index is 0.644. The third-order valence-corrected chi connectivity index (χ3v) is 5.69. The molecule has 1 aromatic heterocycles. The summed E-state index contributed by atoms with van der Waals surface area (Å²) in [7, 11) is 0. The first kappa shape index (κ1) is 19.5. The number of benzene rings is 2. The molecule has 7 nitrogen and oxygen atoms in total. The van der Waals surface area contributed by atoms with Crippen molar-refractivity contribution >= 4 is 44.8 Å². The Morgan fingerprint density at radius 1 is 1.07 bits per heavy atom. The summed E-state index contributed by atoms with van der Waals surface area (Å²) in [5.74, 6) is 0.646. The Labute approximate surface area is 181 Å². The fraction of sp³-hybridized carbons (Fsp3) is 0.150. The summed E-state index contributed by atoms with van der Waals surface area (Å²) in [5, 5.41) is 22.0. The lowest BCUT2D eigenvalue weighted by atomic mass is 10.2. The molecule has 3 aromatic rings. The zero-order chi connectivity index (χ0) is 20.2. The number of rotatable bonds is 4. The van der Waals surface area contributed by atoms with Crippen molar-refractivity contribution in [2.45, 2.75) is 13.8 Å². The molecule has 0 spiro atoms. The Balaban J connectivity index is 1.46. The van der Waals surface area contributed by atoms with E-state index in [1.165, 1.54) is 17.3 Å². The van der Waals surface area contributed by atoms with Gasteiger partial charge in [-0.15, -0.1) is 15.3 Å². The molecule has 1 aliphatic heterocycles. The van der Waals surface area contributed by atoms with Gasteiger partial charge in [0, 0.05) is 10.2 Å². The van der Waals surface area contributed by atoms with E-state index in [2.05, 4.69) is 66.0 Å². The van der Waals surface area contributed by atoms with Gasteiger partial charge in [-0.3, -0.25) is 5.43 Å². The number of halogens is 1. The smallest absolute Gasteiger partial charge is 0.203 e. The molecule has 0 unspecified atom stereocenters. The summed E-state index contributed by atoms with van der Waals surface area (Å²) in [6, 6.07) is 16.1. The van der Waals surface area contributed by atoms with Gasteiger partial charge in [-0.05, 0) is 43.7 Å². The molecule has 146 valence electrons. The highest BCUT2D eigenvalue weighted by molar-refractivity contribution is 9.10. The first-order valence-electron chi connectivity index (χ1n) is 8.92. The minimum Gasteiger partial charge on any atom is -0.254 e. The van der Waals surface area contributed by atoms with Crippen LogP contribution in [0.5, 0.6) is 0 Å². The van der Waals surface area contributed by atoms with Gasteiger partial charge >= 0.3 is 0 Å². The average Bonchev–Trinajstić information content (AvgIpc) is 3.12.